The number of epoxide rings is 1. The molecule has 3 saturated carbocycles. The van der Waals surface area contributed by atoms with Crippen LogP contribution in [0.15, 0.2) is 24.3 Å². The van der Waals surface area contributed by atoms with Gasteiger partial charge in [-0.2, -0.15) is 0 Å². The highest BCUT2D eigenvalue weighted by atomic mass is 16.9. The van der Waals surface area contributed by atoms with Gasteiger partial charge in [-0.05, 0) is 37.2 Å². The average Bonchev–Trinajstić information content (AvgIpc) is 3.68. The molecule has 0 amide bonds. The molecule has 10 heteroatoms. The Hall–Kier alpha value is -1.66. The van der Waals surface area contributed by atoms with Crippen molar-refractivity contribution in [2.24, 2.45) is 35.5 Å². The van der Waals surface area contributed by atoms with E-state index in [2.05, 4.69) is 13.5 Å². The number of fused-ring (bicyclic) bond motifs is 1. The molecule has 15 atom stereocenters. The molecule has 3 aliphatic carbocycles. The number of aliphatic hydroxyl groups excluding tert-OH is 2. The van der Waals surface area contributed by atoms with Gasteiger partial charge in [0.05, 0.1) is 12.2 Å². The monoisotopic (exact) mass is 672 g/mol. The Morgan fingerprint density at radius 2 is 1.62 bits per heavy atom. The van der Waals surface area contributed by atoms with Crippen LogP contribution in [0.25, 0.3) is 0 Å². The van der Waals surface area contributed by atoms with E-state index >= 15 is 0 Å². The van der Waals surface area contributed by atoms with Gasteiger partial charge in [-0.1, -0.05) is 91.2 Å². The van der Waals surface area contributed by atoms with Gasteiger partial charge < -0.3 is 39.0 Å². The minimum absolute atomic E-state index is 0.0172. The van der Waals surface area contributed by atoms with Crippen molar-refractivity contribution >= 4 is 11.8 Å². The summed E-state index contributed by atoms with van der Waals surface area (Å²) >= 11 is 0. The molecule has 0 aromatic rings. The summed E-state index contributed by atoms with van der Waals surface area (Å²) in [4.78, 5) is 27.5. The fourth-order valence-corrected chi connectivity index (χ4v) is 11.6. The van der Waals surface area contributed by atoms with E-state index in [1.807, 2.05) is 26.8 Å². The number of hydrogen-bond donors (Lipinski definition) is 3. The van der Waals surface area contributed by atoms with Crippen molar-refractivity contribution in [3.05, 3.63) is 24.3 Å². The molecule has 0 aromatic heterocycles. The van der Waals surface area contributed by atoms with Crippen LogP contribution in [-0.4, -0.2) is 86.5 Å². The Labute approximate surface area is 284 Å². The van der Waals surface area contributed by atoms with Crippen molar-refractivity contribution in [1.82, 2.24) is 0 Å². The maximum Gasteiger partial charge on any atom is 0.306 e. The highest BCUT2D eigenvalue weighted by molar-refractivity contribution is 5.93. The van der Waals surface area contributed by atoms with Gasteiger partial charge >= 0.3 is 11.9 Å². The SMILES string of the molecule is C=C(C)C12OC34C=CCCCCCCCCCCCC(C)C5C(C)C(=O)C6(O)C(O)C7(CO)OC7C(C1O3)C(O4)(C(C)C2OC(C)=O)C56. The summed E-state index contributed by atoms with van der Waals surface area (Å²) in [7, 11) is 0. The number of aliphatic hydroxyl groups is 3. The van der Waals surface area contributed by atoms with Crippen LogP contribution >= 0.6 is 0 Å². The zero-order valence-corrected chi connectivity index (χ0v) is 29.3. The molecule has 0 radical (unpaired) electrons. The van der Waals surface area contributed by atoms with Gasteiger partial charge in [0.1, 0.15) is 30.0 Å². The van der Waals surface area contributed by atoms with Gasteiger partial charge in [-0.15, -0.1) is 0 Å². The first kappa shape index (κ1) is 34.8. The number of hydrogen-bond acceptors (Lipinski definition) is 10. The number of carbonyl (C=O) groups is 2. The van der Waals surface area contributed by atoms with Gasteiger partial charge in [-0.25, -0.2) is 0 Å². The molecule has 3 saturated heterocycles. The van der Waals surface area contributed by atoms with Gasteiger partial charge in [0.2, 0.25) is 0 Å². The largest absolute Gasteiger partial charge is 0.459 e. The minimum Gasteiger partial charge on any atom is -0.459 e. The van der Waals surface area contributed by atoms with E-state index < -0.39 is 101 Å². The maximum absolute atomic E-state index is 14.6. The normalized spacial score (nSPS) is 53.2. The van der Waals surface area contributed by atoms with E-state index in [9.17, 15) is 24.9 Å². The second-order valence-electron chi connectivity index (χ2n) is 16.3. The van der Waals surface area contributed by atoms with Gasteiger partial charge in [0.25, 0.3) is 0 Å². The molecule has 15 unspecified atom stereocenters. The van der Waals surface area contributed by atoms with Gasteiger partial charge in [-0.3, -0.25) is 9.59 Å². The van der Waals surface area contributed by atoms with Crippen molar-refractivity contribution in [1.29, 1.82) is 0 Å². The Kier molecular flexibility index (Phi) is 8.66. The number of Topliss-reactive ketones (excluding diaryl/α,β-unsaturated/α-hetero) is 1. The highest BCUT2D eigenvalue weighted by Crippen LogP contribution is 2.75. The fraction of sp³-hybridized carbons (Fsp3) is 0.842. The molecule has 48 heavy (non-hydrogen) atoms. The molecule has 10 nitrogen and oxygen atoms in total. The number of allylic oxidation sites excluding steroid dienone is 1. The Bertz CT molecular complexity index is 1350. The first-order valence-electron chi connectivity index (χ1n) is 18.6. The number of ketones is 1. The third-order valence-electron chi connectivity index (χ3n) is 13.7. The van der Waals surface area contributed by atoms with Crippen LogP contribution in [0.5, 0.6) is 0 Å². The minimum atomic E-state index is -2.32. The Balaban J connectivity index is 1.47. The van der Waals surface area contributed by atoms with Crippen LogP contribution < -0.4 is 0 Å². The summed E-state index contributed by atoms with van der Waals surface area (Å²) in [6.07, 6.45) is 11.3. The van der Waals surface area contributed by atoms with Crippen LogP contribution in [0.4, 0.5) is 0 Å². The molecule has 6 fully saturated rings. The molecule has 2 spiro atoms. The van der Waals surface area contributed by atoms with Crippen molar-refractivity contribution in [2.45, 2.75) is 158 Å². The maximum atomic E-state index is 14.6. The third-order valence-corrected chi connectivity index (χ3v) is 13.7. The van der Waals surface area contributed by atoms with Crippen LogP contribution in [0.1, 0.15) is 105 Å². The van der Waals surface area contributed by atoms with Crippen molar-refractivity contribution < 1.29 is 48.6 Å². The number of carbonyl (C=O) groups excluding carboxylic acids is 2. The number of ether oxygens (including phenoxy) is 5. The lowest BCUT2D eigenvalue weighted by Crippen LogP contribution is -2.77. The second kappa shape index (κ2) is 12.0. The van der Waals surface area contributed by atoms with E-state index in [0.29, 0.717) is 5.57 Å². The second-order valence-corrected chi connectivity index (χ2v) is 16.3. The predicted molar refractivity (Wildman–Crippen MR) is 174 cm³/mol. The van der Waals surface area contributed by atoms with Crippen LogP contribution in [0.3, 0.4) is 0 Å². The zero-order chi connectivity index (χ0) is 34.4. The first-order chi connectivity index (χ1) is 22.8. The van der Waals surface area contributed by atoms with Crippen LogP contribution in [-0.2, 0) is 33.3 Å². The van der Waals surface area contributed by atoms with Crippen LogP contribution in [0, 0.1) is 35.5 Å². The summed E-state index contributed by atoms with van der Waals surface area (Å²) in [5, 5.41) is 36.1. The third kappa shape index (κ3) is 4.48. The molecule has 7 aliphatic rings. The quantitative estimate of drug-likeness (QED) is 0.222. The molecule has 3 bridgehead atoms. The molecular formula is C38H56O10. The molecule has 7 rings (SSSR count). The van der Waals surface area contributed by atoms with E-state index in [1.54, 1.807) is 6.08 Å². The van der Waals surface area contributed by atoms with Gasteiger partial charge in [0.15, 0.2) is 17.0 Å². The van der Waals surface area contributed by atoms with E-state index in [4.69, 9.17) is 23.7 Å². The van der Waals surface area contributed by atoms with E-state index in [1.165, 1.54) is 32.6 Å². The van der Waals surface area contributed by atoms with Crippen molar-refractivity contribution in [3.8, 4) is 0 Å². The highest BCUT2D eigenvalue weighted by Gasteiger charge is 2.91. The summed E-state index contributed by atoms with van der Waals surface area (Å²) in [6, 6.07) is 0. The lowest BCUT2D eigenvalue weighted by molar-refractivity contribution is -0.414. The standard InChI is InChI=1S/C38H56O10/c1-21(2)37-30(44-25(6)40)24(5)38-27-31-34(20-39,45-31)33(42)36(43)28(38)26(23(4)29(36)41)22(3)18-16-14-12-10-8-7-9-11-13-15-17-19-35(47-37,48-38)46-32(27)37/h17,19,22-24,26-28,30-33,39,42-43H,1,7-16,18,20H2,2-6H3. The summed E-state index contributed by atoms with van der Waals surface area (Å²) in [5.41, 5.74) is -6.15. The molecular weight excluding hydrogens is 616 g/mol. The average molecular weight is 673 g/mol. The smallest absolute Gasteiger partial charge is 0.306 e. The van der Waals surface area contributed by atoms with Gasteiger partial charge in [0, 0.05) is 36.7 Å². The summed E-state index contributed by atoms with van der Waals surface area (Å²) < 4.78 is 33.6. The Morgan fingerprint density at radius 3 is 2.25 bits per heavy atom. The van der Waals surface area contributed by atoms with Crippen molar-refractivity contribution in [3.63, 3.8) is 0 Å². The fourth-order valence-electron chi connectivity index (χ4n) is 11.6. The van der Waals surface area contributed by atoms with E-state index in [-0.39, 0.29) is 5.92 Å². The number of esters is 1. The Morgan fingerprint density at radius 1 is 0.979 bits per heavy atom. The molecule has 4 aliphatic heterocycles. The van der Waals surface area contributed by atoms with Crippen molar-refractivity contribution in [2.75, 3.05) is 6.61 Å². The topological polar surface area (TPSA) is 144 Å². The zero-order valence-electron chi connectivity index (χ0n) is 29.3. The first-order valence-corrected chi connectivity index (χ1v) is 18.6. The van der Waals surface area contributed by atoms with E-state index in [0.717, 1.165) is 44.9 Å². The summed E-state index contributed by atoms with van der Waals surface area (Å²) in [5.74, 6) is -6.07. The molecule has 4 heterocycles. The van der Waals surface area contributed by atoms with Crippen LogP contribution in [0.2, 0.25) is 0 Å². The molecule has 0 aromatic carbocycles. The summed E-state index contributed by atoms with van der Waals surface area (Å²) in [6.45, 7) is 12.8. The lowest BCUT2D eigenvalue weighted by Gasteiger charge is -2.62. The predicted octanol–water partition coefficient (Wildman–Crippen LogP) is 4.52. The number of rotatable bonds is 3. The lowest BCUT2D eigenvalue weighted by atomic mass is 9.50. The molecule has 3 N–H and O–H groups in total. The molecule has 268 valence electrons.